The zero-order valence-corrected chi connectivity index (χ0v) is 18.1. The van der Waals surface area contributed by atoms with Crippen LogP contribution in [-0.2, 0) is 0 Å². The van der Waals surface area contributed by atoms with Crippen LogP contribution in [0.2, 0.25) is 0 Å². The largest absolute Gasteiger partial charge is 0.289 e. The van der Waals surface area contributed by atoms with Gasteiger partial charge in [-0.25, -0.2) is 0 Å². The second kappa shape index (κ2) is 8.26. The van der Waals surface area contributed by atoms with Gasteiger partial charge in [0.25, 0.3) is 0 Å². The predicted molar refractivity (Wildman–Crippen MR) is 123 cm³/mol. The molecule has 4 aromatic rings. The van der Waals surface area contributed by atoms with E-state index < -0.39 is 0 Å². The Labute approximate surface area is 181 Å². The summed E-state index contributed by atoms with van der Waals surface area (Å²) in [4.78, 5) is 13.7. The molecular formula is C25H16Br2O. The van der Waals surface area contributed by atoms with Gasteiger partial charge in [-0.15, -0.1) is 0 Å². The molecule has 0 aliphatic rings. The Kier molecular flexibility index (Phi) is 5.56. The van der Waals surface area contributed by atoms with Gasteiger partial charge in [0.2, 0.25) is 0 Å². The molecule has 0 amide bonds. The van der Waals surface area contributed by atoms with Crippen molar-refractivity contribution in [3.05, 3.63) is 117 Å². The van der Waals surface area contributed by atoms with Crippen LogP contribution in [-0.4, -0.2) is 5.78 Å². The summed E-state index contributed by atoms with van der Waals surface area (Å²) in [6.45, 7) is 0. The van der Waals surface area contributed by atoms with Crippen molar-refractivity contribution in [2.75, 3.05) is 0 Å². The lowest BCUT2D eigenvalue weighted by atomic mass is 9.90. The molecule has 1 nitrogen and oxygen atoms in total. The Morgan fingerprint density at radius 3 is 1.29 bits per heavy atom. The quantitative estimate of drug-likeness (QED) is 0.266. The van der Waals surface area contributed by atoms with Crippen LogP contribution in [0.1, 0.15) is 15.9 Å². The molecular weight excluding hydrogens is 476 g/mol. The zero-order valence-electron chi connectivity index (χ0n) is 14.9. The summed E-state index contributed by atoms with van der Waals surface area (Å²) in [6, 6.07) is 31.5. The molecule has 0 atom stereocenters. The molecule has 0 aliphatic carbocycles. The second-order valence-electron chi connectivity index (χ2n) is 6.39. The number of carbonyl (C=O) groups is 1. The highest BCUT2D eigenvalue weighted by molar-refractivity contribution is 9.11. The van der Waals surface area contributed by atoms with Gasteiger partial charge in [-0.2, -0.15) is 0 Å². The van der Waals surface area contributed by atoms with E-state index >= 15 is 0 Å². The minimum atomic E-state index is 0.000283. The van der Waals surface area contributed by atoms with Gasteiger partial charge >= 0.3 is 0 Å². The van der Waals surface area contributed by atoms with Crippen molar-refractivity contribution >= 4 is 37.6 Å². The molecule has 0 unspecified atom stereocenters. The number of benzene rings is 4. The fourth-order valence-electron chi connectivity index (χ4n) is 3.37. The van der Waals surface area contributed by atoms with Crippen molar-refractivity contribution in [3.8, 4) is 22.3 Å². The van der Waals surface area contributed by atoms with E-state index in [4.69, 9.17) is 0 Å². The summed E-state index contributed by atoms with van der Waals surface area (Å²) in [6.07, 6.45) is 0. The van der Waals surface area contributed by atoms with E-state index in [-0.39, 0.29) is 5.78 Å². The summed E-state index contributed by atoms with van der Waals surface area (Å²) in [5.41, 5.74) is 5.19. The first kappa shape index (κ1) is 18.9. The van der Waals surface area contributed by atoms with Gasteiger partial charge in [0.05, 0.1) is 0 Å². The fraction of sp³-hybridized carbons (Fsp3) is 0. The minimum Gasteiger partial charge on any atom is -0.289 e. The molecule has 28 heavy (non-hydrogen) atoms. The maximum atomic E-state index is 13.7. The lowest BCUT2D eigenvalue weighted by Crippen LogP contribution is -2.06. The van der Waals surface area contributed by atoms with Crippen molar-refractivity contribution in [1.82, 2.24) is 0 Å². The van der Waals surface area contributed by atoms with E-state index in [9.17, 15) is 4.79 Å². The van der Waals surface area contributed by atoms with Crippen molar-refractivity contribution < 1.29 is 4.79 Å². The molecule has 3 heteroatoms. The average molecular weight is 492 g/mol. The van der Waals surface area contributed by atoms with Gasteiger partial charge in [-0.3, -0.25) is 4.79 Å². The van der Waals surface area contributed by atoms with E-state index in [1.54, 1.807) is 0 Å². The maximum Gasteiger partial charge on any atom is 0.194 e. The van der Waals surface area contributed by atoms with Crippen LogP contribution in [0.15, 0.2) is 106 Å². The molecule has 0 radical (unpaired) electrons. The molecule has 136 valence electrons. The van der Waals surface area contributed by atoms with Gasteiger partial charge in [0, 0.05) is 31.2 Å². The van der Waals surface area contributed by atoms with Gasteiger partial charge in [-0.05, 0) is 23.3 Å². The maximum absolute atomic E-state index is 13.7. The van der Waals surface area contributed by atoms with Crippen molar-refractivity contribution in [3.63, 3.8) is 0 Å². The molecule has 0 N–H and O–H groups in total. The van der Waals surface area contributed by atoms with E-state index in [1.807, 2.05) is 97.1 Å². The summed E-state index contributed by atoms with van der Waals surface area (Å²) >= 11 is 7.28. The number of hydrogen-bond donors (Lipinski definition) is 0. The lowest BCUT2D eigenvalue weighted by molar-refractivity contribution is 0.104. The van der Waals surface area contributed by atoms with Crippen LogP contribution in [0.25, 0.3) is 22.3 Å². The fourth-order valence-corrected chi connectivity index (χ4v) is 4.56. The van der Waals surface area contributed by atoms with Crippen LogP contribution in [0, 0.1) is 0 Å². The standard InChI is InChI=1S/C25H16Br2O/c26-21-15-7-13-19(23(21)17-9-3-1-4-10-17)25(28)20-14-8-16-22(27)24(20)18-11-5-2-6-12-18/h1-16H. The number of rotatable bonds is 4. The molecule has 0 heterocycles. The van der Waals surface area contributed by atoms with Crippen LogP contribution in [0.5, 0.6) is 0 Å². The predicted octanol–water partition coefficient (Wildman–Crippen LogP) is 7.78. The van der Waals surface area contributed by atoms with E-state index in [1.165, 1.54) is 0 Å². The number of ketones is 1. The van der Waals surface area contributed by atoms with Crippen molar-refractivity contribution in [2.45, 2.75) is 0 Å². The number of hydrogen-bond acceptors (Lipinski definition) is 1. The molecule has 0 fully saturated rings. The minimum absolute atomic E-state index is 0.000283. The third-order valence-corrected chi connectivity index (χ3v) is 5.96. The Hall–Kier alpha value is -2.49. The van der Waals surface area contributed by atoms with Crippen molar-refractivity contribution in [1.29, 1.82) is 0 Å². The Morgan fingerprint density at radius 1 is 0.500 bits per heavy atom. The Bertz CT molecular complexity index is 1040. The van der Waals surface area contributed by atoms with Crippen LogP contribution >= 0.6 is 31.9 Å². The second-order valence-corrected chi connectivity index (χ2v) is 8.09. The molecule has 0 saturated carbocycles. The van der Waals surface area contributed by atoms with Crippen LogP contribution < -0.4 is 0 Å². The molecule has 0 spiro atoms. The molecule has 4 rings (SSSR count). The summed E-state index contributed by atoms with van der Waals surface area (Å²) < 4.78 is 1.81. The highest BCUT2D eigenvalue weighted by atomic mass is 79.9. The van der Waals surface area contributed by atoms with Crippen LogP contribution in [0.4, 0.5) is 0 Å². The molecule has 0 saturated heterocycles. The first-order valence-corrected chi connectivity index (χ1v) is 10.5. The topological polar surface area (TPSA) is 17.1 Å². The highest BCUT2D eigenvalue weighted by Crippen LogP contribution is 2.37. The number of halogens is 2. The zero-order chi connectivity index (χ0) is 19.5. The normalized spacial score (nSPS) is 10.6. The monoisotopic (exact) mass is 490 g/mol. The van der Waals surface area contributed by atoms with Crippen LogP contribution in [0.3, 0.4) is 0 Å². The highest BCUT2D eigenvalue weighted by Gasteiger charge is 2.21. The van der Waals surface area contributed by atoms with E-state index in [0.29, 0.717) is 11.1 Å². The third-order valence-electron chi connectivity index (χ3n) is 4.64. The van der Waals surface area contributed by atoms with Gasteiger partial charge < -0.3 is 0 Å². The van der Waals surface area contributed by atoms with Gasteiger partial charge in [0.15, 0.2) is 5.78 Å². The first-order valence-electron chi connectivity index (χ1n) is 8.89. The Morgan fingerprint density at radius 2 is 0.893 bits per heavy atom. The molecule has 0 aromatic heterocycles. The lowest BCUT2D eigenvalue weighted by Gasteiger charge is -2.15. The summed E-state index contributed by atoms with van der Waals surface area (Å²) in [7, 11) is 0. The SMILES string of the molecule is O=C(c1cccc(Br)c1-c1ccccc1)c1cccc(Br)c1-c1ccccc1. The summed E-state index contributed by atoms with van der Waals surface area (Å²) in [5.74, 6) is 0.000283. The smallest absolute Gasteiger partial charge is 0.194 e. The van der Waals surface area contributed by atoms with Gasteiger partial charge in [0.1, 0.15) is 0 Å². The van der Waals surface area contributed by atoms with Crippen molar-refractivity contribution in [2.24, 2.45) is 0 Å². The molecule has 0 aliphatic heterocycles. The van der Waals surface area contributed by atoms with Gasteiger partial charge in [-0.1, -0.05) is 117 Å². The Balaban J connectivity index is 1.92. The molecule has 0 bridgehead atoms. The first-order chi connectivity index (χ1) is 13.7. The third kappa shape index (κ3) is 3.60. The van der Waals surface area contributed by atoms with E-state index in [2.05, 4.69) is 31.9 Å². The summed E-state index contributed by atoms with van der Waals surface area (Å²) in [5, 5.41) is 0. The molecule has 4 aromatic carbocycles. The van der Waals surface area contributed by atoms with E-state index in [0.717, 1.165) is 31.2 Å². The number of carbonyl (C=O) groups excluding carboxylic acids is 1. The average Bonchev–Trinajstić information content (AvgIpc) is 2.74.